The molecule has 1 saturated heterocycles. The molecule has 0 unspecified atom stereocenters. The third-order valence-electron chi connectivity index (χ3n) is 3.96. The van der Waals surface area contributed by atoms with Gasteiger partial charge in [-0.3, -0.25) is 4.68 Å². The number of benzene rings is 1. The Balaban J connectivity index is 1.51. The maximum Gasteiger partial charge on any atom is 0.246 e. The van der Waals surface area contributed by atoms with Gasteiger partial charge in [-0.2, -0.15) is 5.10 Å². The molecule has 0 radical (unpaired) electrons. The second-order valence-electron chi connectivity index (χ2n) is 6.08. The molecule has 3 aromatic rings. The Morgan fingerprint density at radius 2 is 2.09 bits per heavy atom. The van der Waals surface area contributed by atoms with Gasteiger partial charge >= 0.3 is 0 Å². The molecule has 0 bridgehead atoms. The van der Waals surface area contributed by atoms with Crippen LogP contribution in [0.3, 0.4) is 0 Å². The summed E-state index contributed by atoms with van der Waals surface area (Å²) in [6.45, 7) is 4.18. The van der Waals surface area contributed by atoms with Crippen molar-refractivity contribution >= 4 is 10.9 Å². The summed E-state index contributed by atoms with van der Waals surface area (Å²) in [7, 11) is 2.07. The first-order valence-corrected chi connectivity index (χ1v) is 7.76. The molecule has 1 fully saturated rings. The second kappa shape index (κ2) is 5.75. The molecule has 1 aliphatic rings. The third kappa shape index (κ3) is 2.97. The Morgan fingerprint density at radius 3 is 2.91 bits per heavy atom. The van der Waals surface area contributed by atoms with Gasteiger partial charge in [0.2, 0.25) is 11.8 Å². The minimum absolute atomic E-state index is 0.158. The molecule has 0 spiro atoms. The monoisotopic (exact) mass is 313 g/mol. The Kier molecular flexibility index (Phi) is 3.59. The van der Waals surface area contributed by atoms with E-state index in [9.17, 15) is 0 Å². The molecular formula is C16H19N5O2. The average molecular weight is 313 g/mol. The van der Waals surface area contributed by atoms with Gasteiger partial charge in [0.1, 0.15) is 12.6 Å². The van der Waals surface area contributed by atoms with E-state index in [0.717, 1.165) is 24.0 Å². The lowest BCUT2D eigenvalue weighted by atomic mass is 10.2. The molecule has 23 heavy (non-hydrogen) atoms. The molecule has 0 N–H and O–H groups in total. The fraction of sp³-hybridized carbons (Fsp3) is 0.438. The number of ether oxygens (including phenoxy) is 1. The molecule has 3 heterocycles. The van der Waals surface area contributed by atoms with E-state index in [0.29, 0.717) is 18.3 Å². The minimum Gasteiger partial charge on any atom is -0.420 e. The summed E-state index contributed by atoms with van der Waals surface area (Å²) in [5.74, 6) is 1.08. The standard InChI is InChI=1S/C16H19N5O2/c1-11-7-20(2)9-14(22-11)16-18-17-15(23-16)10-21-8-12-5-3-4-6-13(12)19-21/h3-6,8,11,14H,7,9-10H2,1-2H3/t11-,14-/m1/s1. The maximum atomic E-state index is 5.89. The molecule has 7 nitrogen and oxygen atoms in total. The minimum atomic E-state index is -0.165. The Hall–Kier alpha value is -2.25. The summed E-state index contributed by atoms with van der Waals surface area (Å²) in [5, 5.41) is 13.9. The van der Waals surface area contributed by atoms with E-state index in [-0.39, 0.29) is 12.2 Å². The third-order valence-corrected chi connectivity index (χ3v) is 3.96. The number of hydrogen-bond acceptors (Lipinski definition) is 6. The maximum absolute atomic E-state index is 5.89. The molecule has 2 atom stereocenters. The number of rotatable bonds is 3. The molecule has 2 aromatic heterocycles. The van der Waals surface area contributed by atoms with Crippen molar-refractivity contribution < 1.29 is 9.15 Å². The smallest absolute Gasteiger partial charge is 0.246 e. The first-order chi connectivity index (χ1) is 11.2. The van der Waals surface area contributed by atoms with Crippen molar-refractivity contribution in [2.75, 3.05) is 20.1 Å². The van der Waals surface area contributed by atoms with Crippen LogP contribution in [-0.2, 0) is 11.3 Å². The largest absolute Gasteiger partial charge is 0.420 e. The summed E-state index contributed by atoms with van der Waals surface area (Å²) < 4.78 is 13.5. The summed E-state index contributed by atoms with van der Waals surface area (Å²) in [5.41, 5.74) is 0.957. The van der Waals surface area contributed by atoms with Crippen LogP contribution in [0.5, 0.6) is 0 Å². The Labute approximate surface area is 133 Å². The van der Waals surface area contributed by atoms with Gasteiger partial charge in [-0.1, -0.05) is 18.2 Å². The second-order valence-corrected chi connectivity index (χ2v) is 6.08. The van der Waals surface area contributed by atoms with Crippen LogP contribution in [0.1, 0.15) is 24.8 Å². The molecule has 0 saturated carbocycles. The van der Waals surface area contributed by atoms with Crippen molar-refractivity contribution in [2.45, 2.75) is 25.7 Å². The van der Waals surface area contributed by atoms with Crippen LogP contribution in [-0.4, -0.2) is 51.1 Å². The highest BCUT2D eigenvalue weighted by Gasteiger charge is 2.28. The van der Waals surface area contributed by atoms with Crippen molar-refractivity contribution in [3.8, 4) is 0 Å². The lowest BCUT2D eigenvalue weighted by molar-refractivity contribution is -0.0826. The first-order valence-electron chi connectivity index (χ1n) is 7.76. The predicted octanol–water partition coefficient (Wildman–Crippen LogP) is 1.86. The van der Waals surface area contributed by atoms with Crippen molar-refractivity contribution in [3.05, 3.63) is 42.2 Å². The molecular weight excluding hydrogens is 294 g/mol. The molecule has 1 aliphatic heterocycles. The van der Waals surface area contributed by atoms with Gasteiger partial charge in [-0.05, 0) is 20.0 Å². The van der Waals surface area contributed by atoms with E-state index in [1.165, 1.54) is 0 Å². The zero-order valence-corrected chi connectivity index (χ0v) is 13.2. The van der Waals surface area contributed by atoms with Crippen LogP contribution >= 0.6 is 0 Å². The predicted molar refractivity (Wildman–Crippen MR) is 83.9 cm³/mol. The summed E-state index contributed by atoms with van der Waals surface area (Å²) in [6.07, 6.45) is 1.97. The van der Waals surface area contributed by atoms with E-state index in [1.54, 1.807) is 0 Å². The molecule has 4 rings (SSSR count). The van der Waals surface area contributed by atoms with E-state index in [1.807, 2.05) is 35.1 Å². The topological polar surface area (TPSA) is 69.2 Å². The van der Waals surface area contributed by atoms with Gasteiger partial charge in [0, 0.05) is 24.7 Å². The van der Waals surface area contributed by atoms with Crippen molar-refractivity contribution in [1.82, 2.24) is 24.9 Å². The van der Waals surface area contributed by atoms with Crippen LogP contribution < -0.4 is 0 Å². The molecule has 0 aliphatic carbocycles. The number of morpholine rings is 1. The van der Waals surface area contributed by atoms with Crippen molar-refractivity contribution in [2.24, 2.45) is 0 Å². The number of nitrogens with zero attached hydrogens (tertiary/aromatic N) is 5. The fourth-order valence-electron chi connectivity index (χ4n) is 3.00. The number of hydrogen-bond donors (Lipinski definition) is 0. The molecule has 120 valence electrons. The zero-order valence-electron chi connectivity index (χ0n) is 13.2. The van der Waals surface area contributed by atoms with Gasteiger partial charge < -0.3 is 14.1 Å². The molecule has 7 heteroatoms. The normalized spacial score (nSPS) is 22.7. The van der Waals surface area contributed by atoms with Crippen molar-refractivity contribution in [1.29, 1.82) is 0 Å². The zero-order chi connectivity index (χ0) is 15.8. The highest BCUT2D eigenvalue weighted by molar-refractivity contribution is 5.77. The summed E-state index contributed by atoms with van der Waals surface area (Å²) >= 11 is 0. The molecule has 1 aromatic carbocycles. The lowest BCUT2D eigenvalue weighted by Gasteiger charge is -2.32. The van der Waals surface area contributed by atoms with E-state index in [2.05, 4.69) is 34.2 Å². The van der Waals surface area contributed by atoms with Crippen LogP contribution in [0.15, 0.2) is 34.9 Å². The number of aromatic nitrogens is 4. The highest BCUT2D eigenvalue weighted by Crippen LogP contribution is 2.23. The van der Waals surface area contributed by atoms with Gasteiger partial charge in [0.25, 0.3) is 0 Å². The fourth-order valence-corrected chi connectivity index (χ4v) is 3.00. The summed E-state index contributed by atoms with van der Waals surface area (Å²) in [4.78, 5) is 2.21. The van der Waals surface area contributed by atoms with Gasteiger partial charge in [0.05, 0.1) is 11.6 Å². The number of likely N-dealkylation sites (N-methyl/N-ethyl adjacent to an activating group) is 1. The lowest BCUT2D eigenvalue weighted by Crippen LogP contribution is -2.40. The SMILES string of the molecule is C[C@@H]1CN(C)C[C@H](c2nnc(Cn3cc4ccccc4n3)o2)O1. The van der Waals surface area contributed by atoms with E-state index < -0.39 is 0 Å². The molecule has 0 amide bonds. The van der Waals surface area contributed by atoms with Gasteiger partial charge in [-0.15, -0.1) is 10.2 Å². The number of fused-ring (bicyclic) bond motifs is 1. The first kappa shape index (κ1) is 14.3. The van der Waals surface area contributed by atoms with Crippen molar-refractivity contribution in [3.63, 3.8) is 0 Å². The van der Waals surface area contributed by atoms with Crippen LogP contribution in [0.4, 0.5) is 0 Å². The Bertz CT molecular complexity index is 769. The van der Waals surface area contributed by atoms with E-state index >= 15 is 0 Å². The Morgan fingerprint density at radius 1 is 1.22 bits per heavy atom. The average Bonchev–Trinajstić information content (AvgIpc) is 3.12. The summed E-state index contributed by atoms with van der Waals surface area (Å²) in [6, 6.07) is 7.99. The quantitative estimate of drug-likeness (QED) is 0.735. The van der Waals surface area contributed by atoms with E-state index in [4.69, 9.17) is 9.15 Å². The van der Waals surface area contributed by atoms with Crippen LogP contribution in [0, 0.1) is 0 Å². The van der Waals surface area contributed by atoms with Gasteiger partial charge in [-0.25, -0.2) is 0 Å². The van der Waals surface area contributed by atoms with Crippen LogP contribution in [0.2, 0.25) is 0 Å². The van der Waals surface area contributed by atoms with Crippen LogP contribution in [0.25, 0.3) is 10.9 Å². The van der Waals surface area contributed by atoms with Gasteiger partial charge in [0.15, 0.2) is 0 Å². The highest BCUT2D eigenvalue weighted by atomic mass is 16.5.